The fourth-order valence-electron chi connectivity index (χ4n) is 14.0. The first kappa shape index (κ1) is 106. The van der Waals surface area contributed by atoms with E-state index in [2.05, 4.69) is 34.6 Å². The number of unbranched alkanes of at least 4 members (excludes halogenated alkanes) is 60. The molecular weight excluding hydrogens is 1400 g/mol. The van der Waals surface area contributed by atoms with Crippen LogP contribution in [0.5, 0.6) is 0 Å². The first-order chi connectivity index (χ1) is 52.6. The van der Waals surface area contributed by atoms with E-state index in [0.29, 0.717) is 25.7 Å². The Morgan fingerprint density at radius 3 is 0.657 bits per heavy atom. The molecule has 19 heteroatoms. The minimum atomic E-state index is -4.97. The summed E-state index contributed by atoms with van der Waals surface area (Å²) in [6.07, 6.45) is 76.4. The predicted octanol–water partition coefficient (Wildman–Crippen LogP) is 27.5. The maximum absolute atomic E-state index is 13.2. The number of carbonyl (C=O) groups excluding carboxylic acids is 4. The number of aliphatic hydroxyl groups is 1. The number of carbonyl (C=O) groups is 4. The Kier molecular flexibility index (Phi) is 80.2. The van der Waals surface area contributed by atoms with Crippen molar-refractivity contribution in [2.24, 2.45) is 5.92 Å². The molecule has 0 aromatic carbocycles. The normalized spacial score (nSPS) is 14.0. The molecule has 6 atom stereocenters. The number of hydrogen-bond acceptors (Lipinski definition) is 15. The van der Waals surface area contributed by atoms with Crippen LogP contribution in [0.2, 0.25) is 0 Å². The quantitative estimate of drug-likeness (QED) is 0.0222. The van der Waals surface area contributed by atoms with Gasteiger partial charge in [0, 0.05) is 25.7 Å². The lowest BCUT2D eigenvalue weighted by atomic mass is 9.99. The molecule has 3 unspecified atom stereocenters. The molecule has 0 aliphatic heterocycles. The molecule has 0 aliphatic rings. The molecule has 17 nitrogen and oxygen atoms in total. The smallest absolute Gasteiger partial charge is 0.462 e. The van der Waals surface area contributed by atoms with Gasteiger partial charge in [-0.25, -0.2) is 9.13 Å². The molecule has 0 radical (unpaired) electrons. The molecule has 0 aromatic rings. The van der Waals surface area contributed by atoms with Crippen molar-refractivity contribution in [3.05, 3.63) is 0 Å². The van der Waals surface area contributed by atoms with E-state index in [1.165, 1.54) is 308 Å². The Morgan fingerprint density at radius 2 is 0.444 bits per heavy atom. The van der Waals surface area contributed by atoms with Gasteiger partial charge in [0.25, 0.3) is 0 Å². The van der Waals surface area contributed by atoms with Crippen molar-refractivity contribution in [1.82, 2.24) is 0 Å². The van der Waals surface area contributed by atoms with Crippen LogP contribution in [0.3, 0.4) is 0 Å². The molecule has 0 bridgehead atoms. The summed E-state index contributed by atoms with van der Waals surface area (Å²) in [5, 5.41) is 10.7. The molecular formula is C89H174O17P2. The molecule has 0 aromatic heterocycles. The van der Waals surface area contributed by atoms with E-state index in [1.807, 2.05) is 0 Å². The first-order valence-electron chi connectivity index (χ1n) is 46.2. The summed E-state index contributed by atoms with van der Waals surface area (Å²) in [5.41, 5.74) is 0. The van der Waals surface area contributed by atoms with Gasteiger partial charge in [-0.2, -0.15) is 0 Å². The molecule has 0 spiro atoms. The SMILES string of the molecule is CCCCCCCCCCCCCCCCCCCCCCC(=O)O[C@H](COC(=O)CCCCCCCCCCCCCCCCCCCC)COP(=O)(O)OC[C@@H](O)COP(=O)(O)OC[C@@H](COC(=O)CCCCCCCCCCC(C)CC)OC(=O)CCCCCCCCCCCCCCCCCCCC. The van der Waals surface area contributed by atoms with Crippen molar-refractivity contribution in [2.75, 3.05) is 39.6 Å². The van der Waals surface area contributed by atoms with E-state index in [9.17, 15) is 43.2 Å². The number of esters is 4. The first-order valence-corrected chi connectivity index (χ1v) is 49.2. The van der Waals surface area contributed by atoms with Gasteiger partial charge in [0.15, 0.2) is 12.2 Å². The summed E-state index contributed by atoms with van der Waals surface area (Å²) in [6.45, 7) is 7.39. The van der Waals surface area contributed by atoms with E-state index in [0.717, 1.165) is 95.8 Å². The highest BCUT2D eigenvalue weighted by Gasteiger charge is 2.31. The zero-order valence-electron chi connectivity index (χ0n) is 71.0. The molecule has 3 N–H and O–H groups in total. The van der Waals surface area contributed by atoms with E-state index >= 15 is 0 Å². The van der Waals surface area contributed by atoms with Crippen LogP contribution in [-0.2, 0) is 65.4 Å². The predicted molar refractivity (Wildman–Crippen MR) is 446 cm³/mol. The summed E-state index contributed by atoms with van der Waals surface area (Å²) in [5.74, 6) is -1.32. The molecule has 642 valence electrons. The van der Waals surface area contributed by atoms with Crippen LogP contribution in [0, 0.1) is 5.92 Å². The second-order valence-corrected chi connectivity index (χ2v) is 35.1. The van der Waals surface area contributed by atoms with Crippen molar-refractivity contribution in [3.8, 4) is 0 Å². The van der Waals surface area contributed by atoms with Gasteiger partial charge in [0.1, 0.15) is 19.3 Å². The molecule has 0 heterocycles. The van der Waals surface area contributed by atoms with E-state index < -0.39 is 97.5 Å². The van der Waals surface area contributed by atoms with Crippen LogP contribution in [0.25, 0.3) is 0 Å². The van der Waals surface area contributed by atoms with Crippen molar-refractivity contribution in [2.45, 2.75) is 502 Å². The van der Waals surface area contributed by atoms with Gasteiger partial charge >= 0.3 is 39.5 Å². The zero-order valence-corrected chi connectivity index (χ0v) is 72.8. The maximum Gasteiger partial charge on any atom is 0.472 e. The average molecular weight is 1580 g/mol. The van der Waals surface area contributed by atoms with Crippen LogP contribution < -0.4 is 0 Å². The molecule has 0 rings (SSSR count). The highest BCUT2D eigenvalue weighted by molar-refractivity contribution is 7.47. The van der Waals surface area contributed by atoms with Gasteiger partial charge in [-0.1, -0.05) is 433 Å². The number of aliphatic hydroxyl groups excluding tert-OH is 1. The number of ether oxygens (including phenoxy) is 4. The minimum absolute atomic E-state index is 0.109. The second kappa shape index (κ2) is 81.6. The molecule has 0 fully saturated rings. The lowest BCUT2D eigenvalue weighted by Crippen LogP contribution is -2.30. The Morgan fingerprint density at radius 1 is 0.259 bits per heavy atom. The highest BCUT2D eigenvalue weighted by atomic mass is 31.2. The molecule has 108 heavy (non-hydrogen) atoms. The fraction of sp³-hybridized carbons (Fsp3) is 0.955. The van der Waals surface area contributed by atoms with Gasteiger partial charge in [-0.15, -0.1) is 0 Å². The van der Waals surface area contributed by atoms with Crippen LogP contribution >= 0.6 is 15.6 Å². The summed E-state index contributed by atoms with van der Waals surface area (Å²) in [7, 11) is -9.93. The van der Waals surface area contributed by atoms with Crippen LogP contribution in [0.4, 0.5) is 0 Å². The molecule has 0 amide bonds. The van der Waals surface area contributed by atoms with Crippen molar-refractivity contribution in [3.63, 3.8) is 0 Å². The van der Waals surface area contributed by atoms with Crippen molar-refractivity contribution in [1.29, 1.82) is 0 Å². The molecule has 0 saturated heterocycles. The van der Waals surface area contributed by atoms with Gasteiger partial charge in [-0.05, 0) is 31.6 Å². The Balaban J connectivity index is 5.25. The summed E-state index contributed by atoms with van der Waals surface area (Å²) in [6, 6.07) is 0. The maximum atomic E-state index is 13.2. The lowest BCUT2D eigenvalue weighted by Gasteiger charge is -2.21. The monoisotopic (exact) mass is 1580 g/mol. The van der Waals surface area contributed by atoms with Crippen LogP contribution in [0.15, 0.2) is 0 Å². The number of phosphoric ester groups is 2. The summed E-state index contributed by atoms with van der Waals surface area (Å²) < 4.78 is 69.0. The summed E-state index contributed by atoms with van der Waals surface area (Å²) >= 11 is 0. The summed E-state index contributed by atoms with van der Waals surface area (Å²) in [4.78, 5) is 73.4. The van der Waals surface area contributed by atoms with Crippen molar-refractivity contribution < 1.29 is 80.2 Å². The number of rotatable bonds is 89. The Hall–Kier alpha value is -1.94. The van der Waals surface area contributed by atoms with Gasteiger partial charge < -0.3 is 33.8 Å². The van der Waals surface area contributed by atoms with Gasteiger partial charge in [0.2, 0.25) is 0 Å². The van der Waals surface area contributed by atoms with Crippen LogP contribution in [0.1, 0.15) is 484 Å². The lowest BCUT2D eigenvalue weighted by molar-refractivity contribution is -0.161. The number of phosphoric acid groups is 2. The van der Waals surface area contributed by atoms with E-state index in [-0.39, 0.29) is 25.7 Å². The third kappa shape index (κ3) is 80.7. The average Bonchev–Trinajstić information content (AvgIpc) is 0.900. The number of hydrogen-bond donors (Lipinski definition) is 3. The zero-order chi connectivity index (χ0) is 79.0. The largest absolute Gasteiger partial charge is 0.472 e. The molecule has 0 saturated carbocycles. The standard InChI is InChI=1S/C89H174O17P2/c1-6-10-13-16-19-22-25-28-31-34-37-38-41-44-47-50-53-60-65-70-74-88(93)105-84(78-99-86(91)72-67-62-57-51-48-45-42-39-35-32-29-26-23-20-17-14-11-7-2)80-103-107(95,96)101-76-83(90)77-102-108(97,98)104-81-85(79-100-87(92)73-68-63-58-55-54-56-61-66-71-82(5)9-4)106-89(94)75-69-64-59-52-49-46-43-40-36-33-30-27-24-21-18-15-12-8-3/h82-85,90H,6-81H2,1-5H3,(H,95,96)(H,97,98)/t82?,83-,84-,85-/m1/s1. The van der Waals surface area contributed by atoms with E-state index in [4.69, 9.17) is 37.0 Å². The third-order valence-electron chi connectivity index (χ3n) is 21.4. The Bertz CT molecular complexity index is 2050. The Labute approximate surface area is 664 Å². The second-order valence-electron chi connectivity index (χ2n) is 32.2. The van der Waals surface area contributed by atoms with Crippen molar-refractivity contribution >= 4 is 39.5 Å². The fourth-order valence-corrected chi connectivity index (χ4v) is 15.5. The van der Waals surface area contributed by atoms with Crippen LogP contribution in [-0.4, -0.2) is 96.7 Å². The highest BCUT2D eigenvalue weighted by Crippen LogP contribution is 2.45. The molecule has 0 aliphatic carbocycles. The minimum Gasteiger partial charge on any atom is -0.462 e. The topological polar surface area (TPSA) is 237 Å². The van der Waals surface area contributed by atoms with E-state index in [1.54, 1.807) is 0 Å². The van der Waals surface area contributed by atoms with Gasteiger partial charge in [0.05, 0.1) is 26.4 Å². The third-order valence-corrected chi connectivity index (χ3v) is 23.3. The van der Waals surface area contributed by atoms with Gasteiger partial charge in [-0.3, -0.25) is 37.3 Å².